The van der Waals surface area contributed by atoms with Crippen molar-refractivity contribution in [1.29, 1.82) is 0 Å². The number of esters is 4. The lowest BCUT2D eigenvalue weighted by molar-refractivity contribution is -0.173. The maximum atomic E-state index is 12.2. The third-order valence-corrected chi connectivity index (χ3v) is 6.56. The van der Waals surface area contributed by atoms with Gasteiger partial charge in [-0.1, -0.05) is 0 Å². The number of hydrogen-bond acceptors (Lipinski definition) is 10. The number of Topliss-reactive ketones (excluding diaryl/α,β-unsaturated/α-hetero) is 1. The fourth-order valence-electron chi connectivity index (χ4n) is 4.60. The Morgan fingerprint density at radius 2 is 1.17 bits per heavy atom. The van der Waals surface area contributed by atoms with Gasteiger partial charge < -0.3 is 24.3 Å². The molecule has 0 spiro atoms. The number of hydrogen-bond donors (Lipinski definition) is 1. The van der Waals surface area contributed by atoms with Crippen molar-refractivity contribution in [2.24, 2.45) is 10.8 Å². The van der Waals surface area contributed by atoms with Crippen LogP contribution in [-0.4, -0.2) is 68.2 Å². The fraction of sp³-hybridized carbons (Fsp3) is 0.800. The topological polar surface area (TPSA) is 134 Å². The van der Waals surface area contributed by atoms with Gasteiger partial charge in [-0.2, -0.15) is 0 Å². The quantitative estimate of drug-likeness (QED) is 0.272. The number of ketones is 1. The summed E-state index contributed by atoms with van der Waals surface area (Å²) in [5.74, 6) is -2.22. The molecule has 0 aliphatic heterocycles. The first-order valence-corrected chi connectivity index (χ1v) is 12.7. The van der Waals surface area contributed by atoms with Crippen LogP contribution < -0.4 is 5.32 Å². The van der Waals surface area contributed by atoms with Crippen molar-refractivity contribution in [2.45, 2.75) is 91.1 Å². The number of rotatable bonds is 10. The Labute approximate surface area is 206 Å². The lowest BCUT2D eigenvalue weighted by Gasteiger charge is -2.24. The van der Waals surface area contributed by atoms with E-state index >= 15 is 0 Å². The highest BCUT2D eigenvalue weighted by Crippen LogP contribution is 2.42. The Morgan fingerprint density at radius 1 is 0.714 bits per heavy atom. The van der Waals surface area contributed by atoms with Gasteiger partial charge >= 0.3 is 23.9 Å². The van der Waals surface area contributed by atoms with Gasteiger partial charge in [-0.05, 0) is 66.2 Å². The molecule has 35 heavy (non-hydrogen) atoms. The van der Waals surface area contributed by atoms with Gasteiger partial charge in [0, 0.05) is 24.9 Å². The summed E-state index contributed by atoms with van der Waals surface area (Å²) in [7, 11) is 0. The van der Waals surface area contributed by atoms with E-state index in [1.165, 1.54) is 12.8 Å². The highest BCUT2D eigenvalue weighted by Gasteiger charge is 2.55. The molecule has 3 rings (SSSR count). The molecule has 3 aliphatic carbocycles. The van der Waals surface area contributed by atoms with Crippen LogP contribution in [-0.2, 0) is 42.9 Å². The standard InChI is InChI=1S/C14H23NO4.C11H16O5/c1-3-18-12(16)14(13(17)19-4-2)8-7-11(9-14)15-10-5-6-10;1-3-15-9(13)11(10(14)16-4-2)6-5-8(12)7-11/h10-11,15H,3-9H2,1-2H3;3-7H2,1-2H3. The van der Waals surface area contributed by atoms with Crippen LogP contribution in [0.25, 0.3) is 0 Å². The van der Waals surface area contributed by atoms with Crippen LogP contribution in [0.1, 0.15) is 79.1 Å². The smallest absolute Gasteiger partial charge is 0.323 e. The van der Waals surface area contributed by atoms with Crippen LogP contribution in [0.4, 0.5) is 0 Å². The largest absolute Gasteiger partial charge is 0.465 e. The third kappa shape index (κ3) is 7.02. The summed E-state index contributed by atoms with van der Waals surface area (Å²) in [5, 5.41) is 3.49. The maximum Gasteiger partial charge on any atom is 0.323 e. The van der Waals surface area contributed by atoms with E-state index in [1.807, 2.05) is 0 Å². The number of nitrogens with one attached hydrogen (secondary N) is 1. The van der Waals surface area contributed by atoms with E-state index < -0.39 is 34.7 Å². The van der Waals surface area contributed by atoms with E-state index in [0.29, 0.717) is 32.1 Å². The SMILES string of the molecule is CCOC(=O)C1(C(=O)OCC)CCC(=O)C1.CCOC(=O)C1(C(=O)OCC)CCC(NC2CC2)C1. The zero-order chi connectivity index (χ0) is 26.1. The summed E-state index contributed by atoms with van der Waals surface area (Å²) in [5.41, 5.74) is -2.47. The van der Waals surface area contributed by atoms with Crippen molar-refractivity contribution in [2.75, 3.05) is 26.4 Å². The molecule has 198 valence electrons. The van der Waals surface area contributed by atoms with Gasteiger partial charge in [0.05, 0.1) is 26.4 Å². The average Bonchev–Trinajstić information content (AvgIpc) is 3.37. The summed E-state index contributed by atoms with van der Waals surface area (Å²) < 4.78 is 19.9. The van der Waals surface area contributed by atoms with Crippen molar-refractivity contribution in [3.05, 3.63) is 0 Å². The van der Waals surface area contributed by atoms with Crippen molar-refractivity contribution in [3.63, 3.8) is 0 Å². The molecule has 10 nitrogen and oxygen atoms in total. The van der Waals surface area contributed by atoms with E-state index in [-0.39, 0.29) is 44.3 Å². The molecule has 3 saturated carbocycles. The minimum Gasteiger partial charge on any atom is -0.465 e. The zero-order valence-electron chi connectivity index (χ0n) is 21.3. The van der Waals surface area contributed by atoms with Gasteiger partial charge in [-0.3, -0.25) is 24.0 Å². The highest BCUT2D eigenvalue weighted by molar-refractivity contribution is 6.06. The molecule has 0 heterocycles. The number of carbonyl (C=O) groups excluding carboxylic acids is 5. The second-order valence-electron chi connectivity index (χ2n) is 9.14. The Morgan fingerprint density at radius 3 is 1.54 bits per heavy atom. The monoisotopic (exact) mass is 497 g/mol. The minimum atomic E-state index is -1.39. The molecule has 0 radical (unpaired) electrons. The molecule has 3 aliphatic rings. The molecule has 3 fully saturated rings. The van der Waals surface area contributed by atoms with Crippen molar-refractivity contribution in [3.8, 4) is 0 Å². The van der Waals surface area contributed by atoms with Gasteiger partial charge in [-0.15, -0.1) is 0 Å². The van der Waals surface area contributed by atoms with E-state index in [4.69, 9.17) is 18.9 Å². The molecular weight excluding hydrogens is 458 g/mol. The summed E-state index contributed by atoms with van der Waals surface area (Å²) in [4.78, 5) is 59.1. The zero-order valence-corrected chi connectivity index (χ0v) is 21.3. The number of carbonyl (C=O) groups is 5. The van der Waals surface area contributed by atoms with Crippen LogP contribution >= 0.6 is 0 Å². The van der Waals surface area contributed by atoms with Crippen molar-refractivity contribution < 1.29 is 42.9 Å². The normalized spacial score (nSPS) is 21.9. The van der Waals surface area contributed by atoms with Gasteiger partial charge in [0.15, 0.2) is 10.8 Å². The molecule has 0 aromatic carbocycles. The lowest BCUT2D eigenvalue weighted by Crippen LogP contribution is -2.42. The van der Waals surface area contributed by atoms with Gasteiger partial charge in [0.2, 0.25) is 0 Å². The molecule has 1 unspecified atom stereocenters. The van der Waals surface area contributed by atoms with E-state index in [1.54, 1.807) is 27.7 Å². The van der Waals surface area contributed by atoms with Crippen LogP contribution in [0.5, 0.6) is 0 Å². The molecular formula is C25H39NO9. The van der Waals surface area contributed by atoms with E-state index in [9.17, 15) is 24.0 Å². The predicted octanol–water partition coefficient (Wildman–Crippen LogP) is 2.26. The summed E-state index contributed by atoms with van der Waals surface area (Å²) >= 11 is 0. The molecule has 0 bridgehead atoms. The predicted molar refractivity (Wildman–Crippen MR) is 124 cm³/mol. The van der Waals surface area contributed by atoms with Crippen LogP contribution in [0, 0.1) is 10.8 Å². The van der Waals surface area contributed by atoms with Gasteiger partial charge in [-0.25, -0.2) is 0 Å². The molecule has 1 N–H and O–H groups in total. The van der Waals surface area contributed by atoms with Crippen molar-refractivity contribution >= 4 is 29.7 Å². The molecule has 0 amide bonds. The Hall–Kier alpha value is -2.49. The van der Waals surface area contributed by atoms with Gasteiger partial charge in [0.25, 0.3) is 0 Å². The third-order valence-electron chi connectivity index (χ3n) is 6.56. The highest BCUT2D eigenvalue weighted by atomic mass is 16.6. The van der Waals surface area contributed by atoms with Crippen LogP contribution in [0.2, 0.25) is 0 Å². The molecule has 0 aromatic heterocycles. The first kappa shape index (κ1) is 28.7. The Bertz CT molecular complexity index is 754. The minimum absolute atomic E-state index is 0.0926. The molecule has 1 atom stereocenters. The molecule has 0 saturated heterocycles. The lowest BCUT2D eigenvalue weighted by atomic mass is 9.86. The summed E-state index contributed by atoms with van der Waals surface area (Å²) in [6, 6.07) is 0.798. The second-order valence-corrected chi connectivity index (χ2v) is 9.14. The maximum absolute atomic E-state index is 12.2. The van der Waals surface area contributed by atoms with Gasteiger partial charge in [0.1, 0.15) is 5.78 Å². The molecule has 0 aromatic rings. The fourth-order valence-corrected chi connectivity index (χ4v) is 4.60. The average molecular weight is 498 g/mol. The van der Waals surface area contributed by atoms with E-state index in [2.05, 4.69) is 5.32 Å². The van der Waals surface area contributed by atoms with Crippen molar-refractivity contribution in [1.82, 2.24) is 5.32 Å². The first-order valence-electron chi connectivity index (χ1n) is 12.7. The second kappa shape index (κ2) is 13.0. The number of ether oxygens (including phenoxy) is 4. The Balaban J connectivity index is 0.000000251. The van der Waals surface area contributed by atoms with Crippen LogP contribution in [0.15, 0.2) is 0 Å². The first-order chi connectivity index (χ1) is 16.7. The summed E-state index contributed by atoms with van der Waals surface area (Å²) in [6.07, 6.45) is 4.58. The van der Waals surface area contributed by atoms with E-state index in [0.717, 1.165) is 6.42 Å². The van der Waals surface area contributed by atoms with Crippen LogP contribution in [0.3, 0.4) is 0 Å². The summed E-state index contributed by atoms with van der Waals surface area (Å²) in [6.45, 7) is 7.79. The Kier molecular flexibility index (Phi) is 10.7. The molecule has 10 heteroatoms.